The van der Waals surface area contributed by atoms with Crippen molar-refractivity contribution in [2.24, 2.45) is 11.6 Å². The molecular formula is C20H19Cl2F4N3O4S. The average Bonchev–Trinajstić information content (AvgIpc) is 2.77. The van der Waals surface area contributed by atoms with Gasteiger partial charge in [0.2, 0.25) is 0 Å². The predicted molar refractivity (Wildman–Crippen MR) is 118 cm³/mol. The first kappa shape index (κ1) is 26.8. The van der Waals surface area contributed by atoms with Crippen molar-refractivity contribution in [1.82, 2.24) is 5.01 Å². The number of halogens is 6. The lowest BCUT2D eigenvalue weighted by atomic mass is 9.96. The van der Waals surface area contributed by atoms with Crippen LogP contribution in [-0.2, 0) is 4.74 Å². The van der Waals surface area contributed by atoms with Crippen molar-refractivity contribution in [2.45, 2.75) is 34.7 Å². The van der Waals surface area contributed by atoms with Gasteiger partial charge in [-0.1, -0.05) is 35.0 Å². The van der Waals surface area contributed by atoms with Gasteiger partial charge in [0.05, 0.1) is 22.3 Å². The van der Waals surface area contributed by atoms with Gasteiger partial charge >= 0.3 is 0 Å². The molecule has 14 heteroatoms. The van der Waals surface area contributed by atoms with E-state index in [1.54, 1.807) is 0 Å². The molecule has 5 unspecified atom stereocenters. The highest BCUT2D eigenvalue weighted by Crippen LogP contribution is 2.38. The third-order valence-corrected chi connectivity index (χ3v) is 6.69. The number of hydrazine groups is 1. The maximum absolute atomic E-state index is 13.7. The van der Waals surface area contributed by atoms with Crippen molar-refractivity contribution < 1.29 is 37.6 Å². The van der Waals surface area contributed by atoms with Crippen LogP contribution in [0.25, 0.3) is 5.70 Å². The van der Waals surface area contributed by atoms with E-state index in [0.29, 0.717) is 17.0 Å². The Morgan fingerprint density at radius 3 is 2.12 bits per heavy atom. The molecule has 0 spiro atoms. The second-order valence-corrected chi connectivity index (χ2v) is 9.29. The quantitative estimate of drug-likeness (QED) is 0.163. The number of nitrogens with two attached hydrogens (primary N) is 2. The fourth-order valence-electron chi connectivity index (χ4n) is 3.30. The van der Waals surface area contributed by atoms with Crippen LogP contribution in [0.1, 0.15) is 5.56 Å². The summed E-state index contributed by atoms with van der Waals surface area (Å²) >= 11 is 12.5. The van der Waals surface area contributed by atoms with Gasteiger partial charge < -0.3 is 30.8 Å². The predicted octanol–water partition coefficient (Wildman–Crippen LogP) is 2.58. The third kappa shape index (κ3) is 5.55. The van der Waals surface area contributed by atoms with Crippen LogP contribution in [0.2, 0.25) is 10.0 Å². The topological polar surface area (TPSA) is 125 Å². The van der Waals surface area contributed by atoms with Crippen LogP contribution in [0.15, 0.2) is 35.4 Å². The smallest absolute Gasteiger partial charge is 0.194 e. The molecule has 2 aromatic rings. The molecule has 5 atom stereocenters. The van der Waals surface area contributed by atoms with Crippen molar-refractivity contribution in [2.75, 3.05) is 6.61 Å². The number of benzene rings is 2. The molecule has 0 aliphatic carbocycles. The van der Waals surface area contributed by atoms with E-state index in [1.165, 1.54) is 12.1 Å². The van der Waals surface area contributed by atoms with E-state index in [2.05, 4.69) is 0 Å². The van der Waals surface area contributed by atoms with E-state index < -0.39 is 59.7 Å². The molecule has 0 aromatic heterocycles. The minimum absolute atomic E-state index is 0.247. The van der Waals surface area contributed by atoms with Crippen molar-refractivity contribution in [1.29, 1.82) is 0 Å². The van der Waals surface area contributed by atoms with Gasteiger partial charge in [0.15, 0.2) is 23.3 Å². The number of thioether (sulfide) groups is 1. The summed E-state index contributed by atoms with van der Waals surface area (Å²) in [5, 5.41) is 31.3. The lowest BCUT2D eigenvalue weighted by Gasteiger charge is -2.45. The Labute approximate surface area is 205 Å². The molecule has 0 saturated carbocycles. The molecule has 1 aliphatic heterocycles. The lowest BCUT2D eigenvalue weighted by Crippen LogP contribution is -2.64. The average molecular weight is 544 g/mol. The van der Waals surface area contributed by atoms with Gasteiger partial charge in [-0.2, -0.15) is 0 Å². The largest absolute Gasteiger partial charge is 0.397 e. The standard InChI is InChI=1S/C20H19Cl2F4N3O4S/c21-9-3-8(4-10(22)15(9)25)34-20-19(32)17(18(31)14(6-30)33-20)29(28)5-13(27)7-1-11(23)16(26)12(24)2-7/h1-5,14,17-20,30-32H,6,27-28H2/b13-5-. The summed E-state index contributed by atoms with van der Waals surface area (Å²) in [6.45, 7) is -0.659. The van der Waals surface area contributed by atoms with Crippen LogP contribution in [0.4, 0.5) is 17.6 Å². The Morgan fingerprint density at radius 2 is 1.59 bits per heavy atom. The van der Waals surface area contributed by atoms with Gasteiger partial charge in [0, 0.05) is 16.7 Å². The number of aliphatic hydroxyl groups excluding tert-OH is 3. The highest BCUT2D eigenvalue weighted by Gasteiger charge is 2.46. The molecular weight excluding hydrogens is 525 g/mol. The number of hydrogen-bond donors (Lipinski definition) is 5. The maximum atomic E-state index is 13.7. The fourth-order valence-corrected chi connectivity index (χ4v) is 5.05. The summed E-state index contributed by atoms with van der Waals surface area (Å²) in [5.41, 5.74) is 4.12. The van der Waals surface area contributed by atoms with Crippen LogP contribution >= 0.6 is 35.0 Å². The van der Waals surface area contributed by atoms with Gasteiger partial charge in [-0.3, -0.25) is 0 Å². The first-order valence-corrected chi connectivity index (χ1v) is 11.2. The molecule has 0 amide bonds. The molecule has 7 nitrogen and oxygen atoms in total. The van der Waals surface area contributed by atoms with E-state index in [1.807, 2.05) is 0 Å². The van der Waals surface area contributed by atoms with Crippen LogP contribution in [-0.4, -0.2) is 56.7 Å². The summed E-state index contributed by atoms with van der Waals surface area (Å²) in [5.74, 6) is 0.507. The zero-order valence-electron chi connectivity index (χ0n) is 17.0. The molecule has 1 heterocycles. The summed E-state index contributed by atoms with van der Waals surface area (Å²) in [4.78, 5) is 0.308. The zero-order chi connectivity index (χ0) is 25.3. The number of aliphatic hydroxyl groups is 3. The van der Waals surface area contributed by atoms with Crippen LogP contribution < -0.4 is 11.6 Å². The molecule has 1 saturated heterocycles. The Kier molecular flexibility index (Phi) is 8.58. The molecule has 1 fully saturated rings. The van der Waals surface area contributed by atoms with Gasteiger partial charge in [0.25, 0.3) is 0 Å². The van der Waals surface area contributed by atoms with Crippen molar-refractivity contribution >= 4 is 40.7 Å². The first-order valence-electron chi connectivity index (χ1n) is 9.53. The monoisotopic (exact) mass is 543 g/mol. The SMILES string of the molecule is N/C(=C\N(N)C1C(O)C(CO)OC(Sc2cc(Cl)c(F)c(Cl)c2)C1O)c1cc(F)c(F)c(F)c1. The second kappa shape index (κ2) is 10.9. The summed E-state index contributed by atoms with van der Waals surface area (Å²) < 4.78 is 59.6. The molecule has 186 valence electrons. The molecule has 3 rings (SSSR count). The lowest BCUT2D eigenvalue weighted by molar-refractivity contribution is -0.184. The minimum atomic E-state index is -1.68. The molecule has 34 heavy (non-hydrogen) atoms. The highest BCUT2D eigenvalue weighted by atomic mass is 35.5. The third-order valence-electron chi connectivity index (χ3n) is 5.01. The summed E-state index contributed by atoms with van der Waals surface area (Å²) in [6, 6.07) is 2.45. The second-order valence-electron chi connectivity index (χ2n) is 7.30. The Hall–Kier alpha value is -1.77. The molecule has 7 N–H and O–H groups in total. The van der Waals surface area contributed by atoms with E-state index in [-0.39, 0.29) is 21.3 Å². The number of rotatable bonds is 6. The summed E-state index contributed by atoms with van der Waals surface area (Å²) in [6.07, 6.45) is -3.30. The van der Waals surface area contributed by atoms with Crippen LogP contribution in [0.3, 0.4) is 0 Å². The first-order chi connectivity index (χ1) is 15.9. The molecule has 0 radical (unpaired) electrons. The van der Waals surface area contributed by atoms with E-state index >= 15 is 0 Å². The van der Waals surface area contributed by atoms with Crippen molar-refractivity contribution in [3.8, 4) is 0 Å². The van der Waals surface area contributed by atoms with Crippen molar-refractivity contribution in [3.63, 3.8) is 0 Å². The van der Waals surface area contributed by atoms with Crippen LogP contribution in [0.5, 0.6) is 0 Å². The zero-order valence-corrected chi connectivity index (χ0v) is 19.3. The fraction of sp³-hybridized carbons (Fsp3) is 0.300. The minimum Gasteiger partial charge on any atom is -0.397 e. The van der Waals surface area contributed by atoms with Gasteiger partial charge in [-0.05, 0) is 24.3 Å². The Bertz CT molecular complexity index is 1050. The molecule has 1 aliphatic rings. The number of nitrogens with zero attached hydrogens (tertiary/aromatic N) is 1. The normalized spacial score (nSPS) is 25.5. The maximum Gasteiger partial charge on any atom is 0.194 e. The van der Waals surface area contributed by atoms with Gasteiger partial charge in [0.1, 0.15) is 29.8 Å². The van der Waals surface area contributed by atoms with Crippen molar-refractivity contribution in [3.05, 3.63) is 69.3 Å². The van der Waals surface area contributed by atoms with Gasteiger partial charge in [-0.15, -0.1) is 0 Å². The van der Waals surface area contributed by atoms with Crippen LogP contribution in [0, 0.1) is 23.3 Å². The Balaban J connectivity index is 1.88. The highest BCUT2D eigenvalue weighted by molar-refractivity contribution is 7.99. The van der Waals surface area contributed by atoms with E-state index in [0.717, 1.165) is 23.0 Å². The van der Waals surface area contributed by atoms with E-state index in [4.69, 9.17) is 39.5 Å². The van der Waals surface area contributed by atoms with Gasteiger partial charge in [-0.25, -0.2) is 23.4 Å². The summed E-state index contributed by atoms with van der Waals surface area (Å²) in [7, 11) is 0. The Morgan fingerprint density at radius 1 is 1.03 bits per heavy atom. The van der Waals surface area contributed by atoms with E-state index in [9.17, 15) is 32.9 Å². The number of hydrogen-bond acceptors (Lipinski definition) is 8. The number of ether oxygens (including phenoxy) is 1. The molecule has 0 bridgehead atoms. The molecule has 2 aromatic carbocycles.